The molecule has 2 aliphatic heterocycles. The molecule has 0 saturated carbocycles. The number of halogens is 1. The van der Waals surface area contributed by atoms with E-state index in [0.717, 1.165) is 69.7 Å². The second-order valence-corrected chi connectivity index (χ2v) is 6.98. The van der Waals surface area contributed by atoms with Gasteiger partial charge in [-0.15, -0.1) is 0 Å². The summed E-state index contributed by atoms with van der Waals surface area (Å²) in [5.74, 6) is 1.82. The molecular formula is C19H25FN6. The SMILES string of the molecule is CN1CCN(c2cc(N3CCN(c4ccc(F)cc4)CC3)ncn2)CC1. The maximum Gasteiger partial charge on any atom is 0.134 e. The van der Waals surface area contributed by atoms with Crippen LogP contribution in [-0.4, -0.2) is 74.3 Å². The summed E-state index contributed by atoms with van der Waals surface area (Å²) in [6.45, 7) is 7.74. The molecule has 1 aromatic carbocycles. The van der Waals surface area contributed by atoms with Crippen LogP contribution in [0.15, 0.2) is 36.7 Å². The zero-order valence-electron chi connectivity index (χ0n) is 15.2. The molecule has 0 spiro atoms. The van der Waals surface area contributed by atoms with Gasteiger partial charge in [-0.05, 0) is 31.3 Å². The van der Waals surface area contributed by atoms with Gasteiger partial charge in [-0.1, -0.05) is 0 Å². The predicted molar refractivity (Wildman–Crippen MR) is 103 cm³/mol. The van der Waals surface area contributed by atoms with Gasteiger partial charge in [0.15, 0.2) is 0 Å². The predicted octanol–water partition coefficient (Wildman–Crippen LogP) is 1.69. The molecule has 0 bridgehead atoms. The summed E-state index contributed by atoms with van der Waals surface area (Å²) in [5, 5.41) is 0. The molecule has 0 amide bonds. The van der Waals surface area contributed by atoms with Gasteiger partial charge in [0.05, 0.1) is 0 Å². The largest absolute Gasteiger partial charge is 0.368 e. The molecule has 2 fully saturated rings. The number of piperazine rings is 2. The van der Waals surface area contributed by atoms with E-state index in [-0.39, 0.29) is 5.82 Å². The van der Waals surface area contributed by atoms with E-state index in [1.165, 1.54) is 12.1 Å². The highest BCUT2D eigenvalue weighted by molar-refractivity contribution is 5.53. The second-order valence-electron chi connectivity index (χ2n) is 6.98. The van der Waals surface area contributed by atoms with Crippen LogP contribution in [0.1, 0.15) is 0 Å². The first-order chi connectivity index (χ1) is 12.7. The van der Waals surface area contributed by atoms with Crippen LogP contribution in [0.25, 0.3) is 0 Å². The number of benzene rings is 1. The second kappa shape index (κ2) is 7.45. The third-order valence-electron chi connectivity index (χ3n) is 5.26. The zero-order valence-corrected chi connectivity index (χ0v) is 15.2. The highest BCUT2D eigenvalue weighted by Gasteiger charge is 2.21. The Morgan fingerprint density at radius 3 is 1.81 bits per heavy atom. The van der Waals surface area contributed by atoms with Crippen LogP contribution >= 0.6 is 0 Å². The molecular weight excluding hydrogens is 331 g/mol. The minimum atomic E-state index is -0.190. The highest BCUT2D eigenvalue weighted by atomic mass is 19.1. The van der Waals surface area contributed by atoms with Crippen molar-refractivity contribution in [2.45, 2.75) is 0 Å². The number of likely N-dealkylation sites (N-methyl/N-ethyl adjacent to an activating group) is 1. The fraction of sp³-hybridized carbons (Fsp3) is 0.474. The number of rotatable bonds is 3. The lowest BCUT2D eigenvalue weighted by molar-refractivity contribution is 0.312. The van der Waals surface area contributed by atoms with E-state index in [2.05, 4.69) is 42.7 Å². The smallest absolute Gasteiger partial charge is 0.134 e. The van der Waals surface area contributed by atoms with Crippen LogP contribution in [0, 0.1) is 5.82 Å². The summed E-state index contributed by atoms with van der Waals surface area (Å²) >= 11 is 0. The van der Waals surface area contributed by atoms with Crippen molar-refractivity contribution in [3.8, 4) is 0 Å². The third-order valence-corrected chi connectivity index (χ3v) is 5.26. The van der Waals surface area contributed by atoms with Crippen molar-refractivity contribution < 1.29 is 4.39 Å². The van der Waals surface area contributed by atoms with Gasteiger partial charge in [-0.25, -0.2) is 14.4 Å². The molecule has 7 heteroatoms. The standard InChI is InChI=1S/C19H25FN6/c1-23-6-8-25(9-7-23)18-14-19(22-15-21-18)26-12-10-24(11-13-26)17-4-2-16(20)3-5-17/h2-5,14-15H,6-13H2,1H3. The normalized spacial score (nSPS) is 19.1. The Morgan fingerprint density at radius 1 is 0.731 bits per heavy atom. The first-order valence-corrected chi connectivity index (χ1v) is 9.20. The lowest BCUT2D eigenvalue weighted by Crippen LogP contribution is -2.47. The van der Waals surface area contributed by atoms with Crippen LogP contribution in [0.2, 0.25) is 0 Å². The van der Waals surface area contributed by atoms with Crippen LogP contribution in [0.3, 0.4) is 0 Å². The van der Waals surface area contributed by atoms with E-state index in [1.807, 2.05) is 12.1 Å². The van der Waals surface area contributed by atoms with Crippen LogP contribution in [0.4, 0.5) is 21.7 Å². The molecule has 0 radical (unpaired) electrons. The number of aromatic nitrogens is 2. The van der Waals surface area contributed by atoms with Crippen LogP contribution in [0.5, 0.6) is 0 Å². The quantitative estimate of drug-likeness (QED) is 0.833. The van der Waals surface area contributed by atoms with E-state index in [9.17, 15) is 4.39 Å². The highest BCUT2D eigenvalue weighted by Crippen LogP contribution is 2.22. The maximum atomic E-state index is 13.1. The average molecular weight is 356 g/mol. The van der Waals surface area contributed by atoms with Crippen molar-refractivity contribution in [1.82, 2.24) is 14.9 Å². The van der Waals surface area contributed by atoms with Gasteiger partial charge in [0.25, 0.3) is 0 Å². The minimum absolute atomic E-state index is 0.190. The molecule has 0 unspecified atom stereocenters. The van der Waals surface area contributed by atoms with E-state index in [4.69, 9.17) is 0 Å². The van der Waals surface area contributed by atoms with Gasteiger partial charge in [0.1, 0.15) is 23.8 Å². The molecule has 2 aliphatic rings. The topological polar surface area (TPSA) is 38.7 Å². The Morgan fingerprint density at radius 2 is 1.23 bits per heavy atom. The van der Waals surface area contributed by atoms with E-state index < -0.39 is 0 Å². The molecule has 2 aromatic rings. The zero-order chi connectivity index (χ0) is 17.9. The number of nitrogens with zero attached hydrogens (tertiary/aromatic N) is 6. The van der Waals surface area contributed by atoms with Crippen LogP contribution < -0.4 is 14.7 Å². The average Bonchev–Trinajstić information content (AvgIpc) is 2.69. The van der Waals surface area contributed by atoms with Crippen molar-refractivity contribution in [1.29, 1.82) is 0 Å². The summed E-state index contributed by atoms with van der Waals surface area (Å²) in [6, 6.07) is 8.85. The van der Waals surface area contributed by atoms with Gasteiger partial charge in [0, 0.05) is 64.1 Å². The van der Waals surface area contributed by atoms with Crippen molar-refractivity contribution in [2.75, 3.05) is 74.1 Å². The summed E-state index contributed by atoms with van der Waals surface area (Å²) in [4.78, 5) is 18.2. The number of hydrogen-bond acceptors (Lipinski definition) is 6. The van der Waals surface area contributed by atoms with Gasteiger partial charge < -0.3 is 19.6 Å². The molecule has 1 aromatic heterocycles. The monoisotopic (exact) mass is 356 g/mol. The van der Waals surface area contributed by atoms with E-state index in [0.29, 0.717) is 0 Å². The summed E-state index contributed by atoms with van der Waals surface area (Å²) in [7, 11) is 2.16. The molecule has 26 heavy (non-hydrogen) atoms. The van der Waals surface area contributed by atoms with E-state index >= 15 is 0 Å². The Labute approximate surface area is 153 Å². The molecule has 0 N–H and O–H groups in total. The third kappa shape index (κ3) is 3.72. The lowest BCUT2D eigenvalue weighted by atomic mass is 10.2. The molecule has 4 rings (SSSR count). The summed E-state index contributed by atoms with van der Waals surface area (Å²) in [5.41, 5.74) is 1.08. The summed E-state index contributed by atoms with van der Waals surface area (Å²) in [6.07, 6.45) is 1.68. The Kier molecular flexibility index (Phi) is 4.88. The fourth-order valence-electron chi connectivity index (χ4n) is 3.56. The summed E-state index contributed by atoms with van der Waals surface area (Å²) < 4.78 is 13.1. The maximum absolute atomic E-state index is 13.1. The van der Waals surface area contributed by atoms with Gasteiger partial charge >= 0.3 is 0 Å². The van der Waals surface area contributed by atoms with Crippen molar-refractivity contribution in [3.05, 3.63) is 42.5 Å². The van der Waals surface area contributed by atoms with Gasteiger partial charge in [0.2, 0.25) is 0 Å². The Bertz CT molecular complexity index is 721. The van der Waals surface area contributed by atoms with Crippen molar-refractivity contribution >= 4 is 17.3 Å². The van der Waals surface area contributed by atoms with E-state index in [1.54, 1.807) is 6.33 Å². The first-order valence-electron chi connectivity index (χ1n) is 9.20. The lowest BCUT2D eigenvalue weighted by Gasteiger charge is -2.37. The van der Waals surface area contributed by atoms with Gasteiger partial charge in [-0.3, -0.25) is 0 Å². The fourth-order valence-corrected chi connectivity index (χ4v) is 3.56. The molecule has 138 valence electrons. The van der Waals surface area contributed by atoms with Crippen molar-refractivity contribution in [3.63, 3.8) is 0 Å². The molecule has 0 aliphatic carbocycles. The molecule has 2 saturated heterocycles. The van der Waals surface area contributed by atoms with Crippen molar-refractivity contribution in [2.24, 2.45) is 0 Å². The van der Waals surface area contributed by atoms with Crippen LogP contribution in [-0.2, 0) is 0 Å². The minimum Gasteiger partial charge on any atom is -0.368 e. The first kappa shape index (κ1) is 17.0. The Hall–Kier alpha value is -2.41. The molecule has 3 heterocycles. The molecule has 0 atom stereocenters. The Balaban J connectivity index is 1.40. The molecule has 6 nitrogen and oxygen atoms in total. The number of hydrogen-bond donors (Lipinski definition) is 0. The van der Waals surface area contributed by atoms with Gasteiger partial charge in [-0.2, -0.15) is 0 Å². The number of anilines is 3.